The lowest BCUT2D eigenvalue weighted by atomic mass is 10.1. The standard InChI is InChI=1S/C23H26N6O3.ClH/c1-2-31-21(30)14-29-13-20(22(28-29)32-19-11-24-12-19)17-9-25-23(26-10-17)27-18-7-15-5-3-4-6-16(15)8-18;/h3-6,9-10,13,18-19,24H,2,7-8,11-12,14H2,1H3,(H,25,26,27);1H. The van der Waals surface area contributed by atoms with Gasteiger partial charge in [-0.15, -0.1) is 17.5 Å². The van der Waals surface area contributed by atoms with Crippen molar-refractivity contribution in [2.45, 2.75) is 38.5 Å². The monoisotopic (exact) mass is 470 g/mol. The molecule has 1 aliphatic heterocycles. The van der Waals surface area contributed by atoms with Gasteiger partial charge in [-0.25, -0.2) is 9.97 Å². The van der Waals surface area contributed by atoms with Crippen molar-refractivity contribution in [1.29, 1.82) is 0 Å². The van der Waals surface area contributed by atoms with Crippen LogP contribution in [0.5, 0.6) is 5.88 Å². The molecule has 3 heterocycles. The molecule has 0 atom stereocenters. The molecule has 0 radical (unpaired) electrons. The Balaban J connectivity index is 0.00000259. The van der Waals surface area contributed by atoms with E-state index < -0.39 is 0 Å². The minimum Gasteiger partial charge on any atom is -0.470 e. The number of fused-ring (bicyclic) bond motifs is 1. The first-order chi connectivity index (χ1) is 15.7. The molecule has 0 bridgehead atoms. The highest BCUT2D eigenvalue weighted by molar-refractivity contribution is 5.85. The van der Waals surface area contributed by atoms with Gasteiger partial charge in [0.1, 0.15) is 12.6 Å². The second-order valence-corrected chi connectivity index (χ2v) is 8.06. The van der Waals surface area contributed by atoms with Gasteiger partial charge in [0.2, 0.25) is 11.8 Å². The zero-order chi connectivity index (χ0) is 21.9. The van der Waals surface area contributed by atoms with E-state index in [-0.39, 0.29) is 37.1 Å². The number of ether oxygens (including phenoxy) is 2. The molecule has 1 aliphatic carbocycles. The Bertz CT molecular complexity index is 1070. The van der Waals surface area contributed by atoms with Crippen molar-refractivity contribution in [1.82, 2.24) is 25.1 Å². The molecule has 2 aromatic heterocycles. The highest BCUT2D eigenvalue weighted by Gasteiger charge is 2.24. The number of esters is 1. The minimum atomic E-state index is -0.341. The van der Waals surface area contributed by atoms with Crippen LogP contribution in [-0.4, -0.2) is 57.6 Å². The van der Waals surface area contributed by atoms with Crippen molar-refractivity contribution in [2.75, 3.05) is 25.0 Å². The Morgan fingerprint density at radius 1 is 1.18 bits per heavy atom. The van der Waals surface area contributed by atoms with E-state index in [0.717, 1.165) is 37.1 Å². The van der Waals surface area contributed by atoms with Crippen LogP contribution < -0.4 is 15.4 Å². The van der Waals surface area contributed by atoms with Crippen LogP contribution in [0.4, 0.5) is 5.95 Å². The molecular weight excluding hydrogens is 444 g/mol. The fraction of sp³-hybridized carbons (Fsp3) is 0.391. The summed E-state index contributed by atoms with van der Waals surface area (Å²) in [6.45, 7) is 3.68. The number of halogens is 1. The maximum absolute atomic E-state index is 11.9. The predicted molar refractivity (Wildman–Crippen MR) is 126 cm³/mol. The number of hydrogen-bond acceptors (Lipinski definition) is 8. The molecule has 10 heteroatoms. The Kier molecular flexibility index (Phi) is 7.10. The molecule has 1 saturated heterocycles. The fourth-order valence-electron chi connectivity index (χ4n) is 4.00. The maximum atomic E-state index is 11.9. The second-order valence-electron chi connectivity index (χ2n) is 8.06. The summed E-state index contributed by atoms with van der Waals surface area (Å²) in [7, 11) is 0. The van der Waals surface area contributed by atoms with Crippen LogP contribution in [0.25, 0.3) is 11.1 Å². The molecule has 0 unspecified atom stereocenters. The van der Waals surface area contributed by atoms with Gasteiger partial charge in [0, 0.05) is 43.3 Å². The highest BCUT2D eigenvalue weighted by atomic mass is 35.5. The van der Waals surface area contributed by atoms with Crippen LogP contribution in [0.2, 0.25) is 0 Å². The Morgan fingerprint density at radius 2 is 1.88 bits per heavy atom. The average Bonchev–Trinajstić information content (AvgIpc) is 3.34. The highest BCUT2D eigenvalue weighted by Crippen LogP contribution is 2.30. The Morgan fingerprint density at radius 3 is 2.48 bits per heavy atom. The van der Waals surface area contributed by atoms with E-state index in [9.17, 15) is 4.79 Å². The SMILES string of the molecule is CCOC(=O)Cn1cc(-c2cnc(NC3Cc4ccccc4C3)nc2)c(OC2CNC2)n1.Cl. The zero-order valence-corrected chi connectivity index (χ0v) is 19.2. The smallest absolute Gasteiger partial charge is 0.327 e. The van der Waals surface area contributed by atoms with Crippen LogP contribution in [-0.2, 0) is 28.9 Å². The van der Waals surface area contributed by atoms with E-state index in [1.165, 1.54) is 15.8 Å². The summed E-state index contributed by atoms with van der Waals surface area (Å²) >= 11 is 0. The van der Waals surface area contributed by atoms with Gasteiger partial charge in [-0.2, -0.15) is 0 Å². The number of nitrogens with one attached hydrogen (secondary N) is 2. The van der Waals surface area contributed by atoms with Crippen molar-refractivity contribution in [3.8, 4) is 17.0 Å². The van der Waals surface area contributed by atoms with Crippen molar-refractivity contribution < 1.29 is 14.3 Å². The van der Waals surface area contributed by atoms with Gasteiger partial charge in [-0.1, -0.05) is 24.3 Å². The van der Waals surface area contributed by atoms with Crippen molar-refractivity contribution in [3.63, 3.8) is 0 Å². The van der Waals surface area contributed by atoms with E-state index in [2.05, 4.69) is 50.0 Å². The summed E-state index contributed by atoms with van der Waals surface area (Å²) in [6, 6.07) is 8.79. The molecule has 0 spiro atoms. The van der Waals surface area contributed by atoms with Crippen molar-refractivity contribution >= 4 is 24.3 Å². The summed E-state index contributed by atoms with van der Waals surface area (Å²) in [6.07, 6.45) is 7.29. The van der Waals surface area contributed by atoms with Crippen molar-refractivity contribution in [2.24, 2.45) is 0 Å². The molecule has 9 nitrogen and oxygen atoms in total. The van der Waals surface area contributed by atoms with Gasteiger partial charge in [0.15, 0.2) is 0 Å². The third-order valence-electron chi connectivity index (χ3n) is 5.69. The molecule has 0 saturated carbocycles. The molecule has 1 aromatic carbocycles. The molecule has 5 rings (SSSR count). The minimum absolute atomic E-state index is 0. The Hall–Kier alpha value is -3.17. The number of nitrogens with zero attached hydrogens (tertiary/aromatic N) is 4. The predicted octanol–water partition coefficient (Wildman–Crippen LogP) is 2.25. The number of hydrogen-bond donors (Lipinski definition) is 2. The van der Waals surface area contributed by atoms with Crippen LogP contribution in [0, 0.1) is 0 Å². The number of aromatic nitrogens is 4. The van der Waals surface area contributed by atoms with E-state index >= 15 is 0 Å². The second kappa shape index (κ2) is 10.2. The number of carbonyl (C=O) groups excluding carboxylic acids is 1. The van der Waals surface area contributed by atoms with Gasteiger partial charge >= 0.3 is 5.97 Å². The van der Waals surface area contributed by atoms with Crippen LogP contribution in [0.3, 0.4) is 0 Å². The lowest BCUT2D eigenvalue weighted by molar-refractivity contribution is -0.144. The van der Waals surface area contributed by atoms with E-state index in [1.54, 1.807) is 25.5 Å². The molecule has 2 aliphatic rings. The largest absolute Gasteiger partial charge is 0.470 e. The van der Waals surface area contributed by atoms with Crippen LogP contribution in [0.1, 0.15) is 18.1 Å². The third-order valence-corrected chi connectivity index (χ3v) is 5.69. The van der Waals surface area contributed by atoms with Gasteiger partial charge in [0.05, 0.1) is 12.2 Å². The summed E-state index contributed by atoms with van der Waals surface area (Å²) < 4.78 is 12.6. The first kappa shape index (κ1) is 23.0. The molecule has 33 heavy (non-hydrogen) atoms. The molecule has 0 amide bonds. The third kappa shape index (κ3) is 5.26. The normalized spacial score (nSPS) is 15.3. The average molecular weight is 471 g/mol. The van der Waals surface area contributed by atoms with Gasteiger partial charge in [0.25, 0.3) is 0 Å². The van der Waals surface area contributed by atoms with Crippen LogP contribution in [0.15, 0.2) is 42.9 Å². The molecule has 1 fully saturated rings. The number of anilines is 1. The molecule has 3 aromatic rings. The first-order valence-corrected chi connectivity index (χ1v) is 10.9. The fourth-order valence-corrected chi connectivity index (χ4v) is 4.00. The lowest BCUT2D eigenvalue weighted by Crippen LogP contribution is -2.50. The quantitative estimate of drug-likeness (QED) is 0.483. The van der Waals surface area contributed by atoms with E-state index in [0.29, 0.717) is 18.4 Å². The number of rotatable bonds is 8. The summed E-state index contributed by atoms with van der Waals surface area (Å²) in [5, 5.41) is 11.1. The van der Waals surface area contributed by atoms with Gasteiger partial charge in [-0.05, 0) is 30.9 Å². The maximum Gasteiger partial charge on any atom is 0.327 e. The lowest BCUT2D eigenvalue weighted by Gasteiger charge is -2.27. The summed E-state index contributed by atoms with van der Waals surface area (Å²) in [5.41, 5.74) is 4.29. The van der Waals surface area contributed by atoms with Gasteiger partial charge in [-0.3, -0.25) is 9.48 Å². The van der Waals surface area contributed by atoms with Crippen molar-refractivity contribution in [3.05, 3.63) is 54.0 Å². The molecule has 2 N–H and O–H groups in total. The summed E-state index contributed by atoms with van der Waals surface area (Å²) in [5.74, 6) is 0.722. The van der Waals surface area contributed by atoms with E-state index in [4.69, 9.17) is 9.47 Å². The van der Waals surface area contributed by atoms with Crippen LogP contribution >= 0.6 is 12.4 Å². The number of benzene rings is 1. The number of carbonyl (C=O) groups is 1. The van der Waals surface area contributed by atoms with E-state index in [1.807, 2.05) is 0 Å². The Labute approximate surface area is 198 Å². The zero-order valence-electron chi connectivity index (χ0n) is 18.4. The molecular formula is C23H27ClN6O3. The van der Waals surface area contributed by atoms with Gasteiger partial charge < -0.3 is 20.1 Å². The molecule has 174 valence electrons. The topological polar surface area (TPSA) is 103 Å². The summed E-state index contributed by atoms with van der Waals surface area (Å²) in [4.78, 5) is 20.9. The first-order valence-electron chi connectivity index (χ1n) is 10.9.